The molecule has 4 rings (SSSR count). The largest absolute Gasteiger partial charge is 0.385 e. The number of hydrogen-bond acceptors (Lipinski definition) is 1. The van der Waals surface area contributed by atoms with E-state index in [2.05, 4.69) is 92.0 Å². The summed E-state index contributed by atoms with van der Waals surface area (Å²) < 4.78 is 0. The van der Waals surface area contributed by atoms with Gasteiger partial charge < -0.3 is 5.32 Å². The molecule has 1 nitrogen and oxygen atoms in total. The summed E-state index contributed by atoms with van der Waals surface area (Å²) in [5.41, 5.74) is 5.16. The van der Waals surface area contributed by atoms with Gasteiger partial charge in [-0.3, -0.25) is 0 Å². The molecular weight excluding hydrogens is 290 g/mol. The minimum atomic E-state index is 0.912. The van der Waals surface area contributed by atoms with Gasteiger partial charge in [0.25, 0.3) is 0 Å². The first-order valence-electron chi connectivity index (χ1n) is 8.54. The van der Waals surface area contributed by atoms with Crippen molar-refractivity contribution in [2.45, 2.75) is 13.8 Å². The molecule has 0 fully saturated rings. The fraction of sp³-hybridized carbons (Fsp3) is 0.130. The summed E-state index contributed by atoms with van der Waals surface area (Å²) in [5.74, 6) is 0. The standard InChI is InChI=1S/C23H21N/c1-3-24-21-15-14-18-9-5-7-11-20(18)23(21)22-16(2)12-13-17-8-4-6-10-19(17)22/h4-15,24H,3H2,1-2H3. The number of aryl methyl sites for hydroxylation is 1. The van der Waals surface area contributed by atoms with Crippen molar-refractivity contribution in [3.8, 4) is 11.1 Å². The summed E-state index contributed by atoms with van der Waals surface area (Å²) in [7, 11) is 0. The molecule has 0 aromatic heterocycles. The van der Waals surface area contributed by atoms with E-state index < -0.39 is 0 Å². The molecule has 118 valence electrons. The van der Waals surface area contributed by atoms with Crippen LogP contribution in [0.5, 0.6) is 0 Å². The van der Waals surface area contributed by atoms with E-state index in [1.54, 1.807) is 0 Å². The molecule has 0 aliphatic carbocycles. The van der Waals surface area contributed by atoms with Crippen molar-refractivity contribution in [1.29, 1.82) is 0 Å². The normalized spacial score (nSPS) is 11.1. The molecular formula is C23H21N. The zero-order valence-electron chi connectivity index (χ0n) is 14.1. The Balaban J connectivity index is 2.17. The Kier molecular flexibility index (Phi) is 3.70. The van der Waals surface area contributed by atoms with Gasteiger partial charge in [0.2, 0.25) is 0 Å². The van der Waals surface area contributed by atoms with Crippen LogP contribution < -0.4 is 5.32 Å². The first-order chi connectivity index (χ1) is 11.8. The predicted octanol–water partition coefficient (Wildman–Crippen LogP) is 6.40. The van der Waals surface area contributed by atoms with Crippen molar-refractivity contribution in [3.05, 3.63) is 78.4 Å². The highest BCUT2D eigenvalue weighted by Crippen LogP contribution is 2.41. The Morgan fingerprint density at radius 2 is 1.25 bits per heavy atom. The molecule has 0 saturated carbocycles. The number of benzene rings is 4. The molecule has 0 unspecified atom stereocenters. The van der Waals surface area contributed by atoms with Crippen molar-refractivity contribution in [2.24, 2.45) is 0 Å². The fourth-order valence-electron chi connectivity index (χ4n) is 3.59. The maximum atomic E-state index is 3.56. The lowest BCUT2D eigenvalue weighted by molar-refractivity contribution is 1.21. The fourth-order valence-corrected chi connectivity index (χ4v) is 3.59. The van der Waals surface area contributed by atoms with E-state index in [1.807, 2.05) is 0 Å². The zero-order chi connectivity index (χ0) is 16.5. The minimum absolute atomic E-state index is 0.912. The SMILES string of the molecule is CCNc1ccc2ccccc2c1-c1c(C)ccc2ccccc12. The van der Waals surface area contributed by atoms with E-state index in [1.165, 1.54) is 43.9 Å². The van der Waals surface area contributed by atoms with Gasteiger partial charge in [0.1, 0.15) is 0 Å². The van der Waals surface area contributed by atoms with Gasteiger partial charge in [-0.1, -0.05) is 66.7 Å². The lowest BCUT2D eigenvalue weighted by Gasteiger charge is -2.18. The molecule has 1 heteroatoms. The Labute approximate surface area is 142 Å². The highest BCUT2D eigenvalue weighted by Gasteiger charge is 2.14. The highest BCUT2D eigenvalue weighted by molar-refractivity contribution is 6.10. The quantitative estimate of drug-likeness (QED) is 0.461. The third-order valence-electron chi connectivity index (χ3n) is 4.68. The third kappa shape index (κ3) is 2.33. The Morgan fingerprint density at radius 3 is 1.92 bits per heavy atom. The molecule has 0 saturated heterocycles. The average Bonchev–Trinajstić information content (AvgIpc) is 2.62. The van der Waals surface area contributed by atoms with E-state index >= 15 is 0 Å². The summed E-state index contributed by atoms with van der Waals surface area (Å²) in [6, 6.07) is 26.2. The molecule has 0 radical (unpaired) electrons. The summed E-state index contributed by atoms with van der Waals surface area (Å²) in [4.78, 5) is 0. The van der Waals surface area contributed by atoms with E-state index in [4.69, 9.17) is 0 Å². The second-order valence-electron chi connectivity index (χ2n) is 6.22. The molecule has 0 bridgehead atoms. The van der Waals surface area contributed by atoms with Crippen LogP contribution in [0.4, 0.5) is 5.69 Å². The van der Waals surface area contributed by atoms with Crippen LogP contribution in [-0.2, 0) is 0 Å². The molecule has 0 aliphatic heterocycles. The van der Waals surface area contributed by atoms with Gasteiger partial charge in [-0.15, -0.1) is 0 Å². The van der Waals surface area contributed by atoms with Crippen molar-refractivity contribution in [3.63, 3.8) is 0 Å². The summed E-state index contributed by atoms with van der Waals surface area (Å²) >= 11 is 0. The molecule has 1 N–H and O–H groups in total. The van der Waals surface area contributed by atoms with Crippen LogP contribution in [0.25, 0.3) is 32.7 Å². The molecule has 0 aliphatic rings. The van der Waals surface area contributed by atoms with Crippen LogP contribution in [0, 0.1) is 6.92 Å². The first kappa shape index (κ1) is 14.8. The maximum absolute atomic E-state index is 3.56. The number of anilines is 1. The Hall–Kier alpha value is -2.80. The molecule has 24 heavy (non-hydrogen) atoms. The molecule has 0 amide bonds. The number of hydrogen-bond donors (Lipinski definition) is 1. The number of rotatable bonds is 3. The van der Waals surface area contributed by atoms with Gasteiger partial charge in [-0.25, -0.2) is 0 Å². The lowest BCUT2D eigenvalue weighted by Crippen LogP contribution is -2.00. The smallest absolute Gasteiger partial charge is 0.0426 e. The van der Waals surface area contributed by atoms with Crippen LogP contribution in [0.15, 0.2) is 72.8 Å². The van der Waals surface area contributed by atoms with E-state index in [0.29, 0.717) is 0 Å². The van der Waals surface area contributed by atoms with E-state index in [9.17, 15) is 0 Å². The van der Waals surface area contributed by atoms with Crippen LogP contribution in [0.1, 0.15) is 12.5 Å². The van der Waals surface area contributed by atoms with E-state index in [-0.39, 0.29) is 0 Å². The molecule has 4 aromatic rings. The second kappa shape index (κ2) is 6.01. The molecule has 0 heterocycles. The van der Waals surface area contributed by atoms with Crippen molar-refractivity contribution >= 4 is 27.2 Å². The van der Waals surface area contributed by atoms with Gasteiger partial charge in [0, 0.05) is 17.8 Å². The summed E-state index contributed by atoms with van der Waals surface area (Å²) in [5, 5.41) is 8.74. The van der Waals surface area contributed by atoms with Gasteiger partial charge in [0.05, 0.1) is 0 Å². The number of fused-ring (bicyclic) bond motifs is 2. The van der Waals surface area contributed by atoms with Crippen molar-refractivity contribution in [2.75, 3.05) is 11.9 Å². The topological polar surface area (TPSA) is 12.0 Å². The van der Waals surface area contributed by atoms with Crippen LogP contribution in [0.2, 0.25) is 0 Å². The highest BCUT2D eigenvalue weighted by atomic mass is 14.9. The van der Waals surface area contributed by atoms with Gasteiger partial charge in [0.15, 0.2) is 0 Å². The third-order valence-corrected chi connectivity index (χ3v) is 4.68. The lowest BCUT2D eigenvalue weighted by atomic mass is 9.89. The number of nitrogens with one attached hydrogen (secondary N) is 1. The maximum Gasteiger partial charge on any atom is 0.0426 e. The molecule has 0 atom stereocenters. The summed E-state index contributed by atoms with van der Waals surface area (Å²) in [6.07, 6.45) is 0. The van der Waals surface area contributed by atoms with Crippen molar-refractivity contribution in [1.82, 2.24) is 0 Å². The van der Waals surface area contributed by atoms with Crippen LogP contribution in [-0.4, -0.2) is 6.54 Å². The summed E-state index contributed by atoms with van der Waals surface area (Å²) in [6.45, 7) is 5.27. The Bertz CT molecular complexity index is 1030. The molecule has 4 aromatic carbocycles. The minimum Gasteiger partial charge on any atom is -0.385 e. The van der Waals surface area contributed by atoms with Crippen LogP contribution >= 0.6 is 0 Å². The average molecular weight is 311 g/mol. The van der Waals surface area contributed by atoms with Crippen LogP contribution in [0.3, 0.4) is 0 Å². The first-order valence-corrected chi connectivity index (χ1v) is 8.54. The van der Waals surface area contributed by atoms with Gasteiger partial charge >= 0.3 is 0 Å². The zero-order valence-corrected chi connectivity index (χ0v) is 14.1. The van der Waals surface area contributed by atoms with Gasteiger partial charge in [-0.05, 0) is 52.6 Å². The monoisotopic (exact) mass is 311 g/mol. The predicted molar refractivity (Wildman–Crippen MR) is 106 cm³/mol. The molecule has 0 spiro atoms. The second-order valence-corrected chi connectivity index (χ2v) is 6.22. The van der Waals surface area contributed by atoms with Crippen molar-refractivity contribution < 1.29 is 0 Å². The Morgan fingerprint density at radius 1 is 0.667 bits per heavy atom. The van der Waals surface area contributed by atoms with Gasteiger partial charge in [-0.2, -0.15) is 0 Å². The van der Waals surface area contributed by atoms with E-state index in [0.717, 1.165) is 6.54 Å².